The van der Waals surface area contributed by atoms with Crippen LogP contribution in [0.2, 0.25) is 0 Å². The van der Waals surface area contributed by atoms with Crippen LogP contribution < -0.4 is 5.32 Å². The molecule has 0 bridgehead atoms. The molecule has 1 aliphatic rings. The molecule has 1 N–H and O–H groups in total. The zero-order valence-corrected chi connectivity index (χ0v) is 16.4. The highest BCUT2D eigenvalue weighted by Crippen LogP contribution is 2.27. The number of amides is 1. The third-order valence-electron chi connectivity index (χ3n) is 4.17. The fourth-order valence-corrected chi connectivity index (χ4v) is 3.79. The predicted octanol–water partition coefficient (Wildman–Crippen LogP) is 4.23. The van der Waals surface area contributed by atoms with E-state index in [9.17, 15) is 4.79 Å². The Labute approximate surface area is 164 Å². The van der Waals surface area contributed by atoms with E-state index in [4.69, 9.17) is 14.2 Å². The number of carbonyl (C=O) groups excluding carboxylic acids is 1. The Balaban J connectivity index is 1.57. The average molecular weight is 388 g/mol. The molecule has 2 atom stereocenters. The third-order valence-corrected chi connectivity index (χ3v) is 5.30. The molecule has 0 aromatic heterocycles. The van der Waals surface area contributed by atoms with Crippen LogP contribution in [0.1, 0.15) is 19.4 Å². The second-order valence-corrected chi connectivity index (χ2v) is 7.90. The van der Waals surface area contributed by atoms with E-state index in [0.717, 1.165) is 10.5 Å². The Morgan fingerprint density at radius 3 is 2.48 bits per heavy atom. The van der Waals surface area contributed by atoms with E-state index in [1.807, 2.05) is 74.5 Å². The Morgan fingerprint density at radius 2 is 1.85 bits per heavy atom. The molecular weight excluding hydrogens is 362 g/mol. The van der Waals surface area contributed by atoms with Gasteiger partial charge >= 0.3 is 6.09 Å². The number of rotatable bonds is 7. The SMILES string of the molecule is CC1(C)OCC(C(CSc2ccccc2)NC(=O)OCc2ccccc2)O1. The summed E-state index contributed by atoms with van der Waals surface area (Å²) in [5.74, 6) is 0.0184. The summed E-state index contributed by atoms with van der Waals surface area (Å²) in [5.41, 5.74) is 0.949. The minimum Gasteiger partial charge on any atom is -0.445 e. The van der Waals surface area contributed by atoms with Crippen molar-refractivity contribution >= 4 is 17.9 Å². The van der Waals surface area contributed by atoms with Gasteiger partial charge in [-0.3, -0.25) is 0 Å². The van der Waals surface area contributed by atoms with Crippen molar-refractivity contribution in [3.8, 4) is 0 Å². The first kappa shape index (κ1) is 19.7. The van der Waals surface area contributed by atoms with Gasteiger partial charge < -0.3 is 19.5 Å². The van der Waals surface area contributed by atoms with Crippen molar-refractivity contribution in [2.24, 2.45) is 0 Å². The van der Waals surface area contributed by atoms with Gasteiger partial charge in [-0.05, 0) is 31.5 Å². The highest BCUT2D eigenvalue weighted by molar-refractivity contribution is 7.99. The lowest BCUT2D eigenvalue weighted by Crippen LogP contribution is -2.47. The van der Waals surface area contributed by atoms with Crippen LogP contribution in [-0.4, -0.2) is 36.4 Å². The zero-order chi connectivity index (χ0) is 19.1. The third kappa shape index (κ3) is 6.27. The number of benzene rings is 2. The van der Waals surface area contributed by atoms with Crippen molar-refractivity contribution in [2.75, 3.05) is 12.4 Å². The first-order chi connectivity index (χ1) is 13.0. The topological polar surface area (TPSA) is 56.8 Å². The van der Waals surface area contributed by atoms with E-state index in [2.05, 4.69) is 5.32 Å². The van der Waals surface area contributed by atoms with Crippen LogP contribution in [0.5, 0.6) is 0 Å². The van der Waals surface area contributed by atoms with Gasteiger partial charge in [-0.2, -0.15) is 0 Å². The second kappa shape index (κ2) is 9.26. The van der Waals surface area contributed by atoms with Crippen LogP contribution in [0.3, 0.4) is 0 Å². The summed E-state index contributed by atoms with van der Waals surface area (Å²) >= 11 is 1.67. The van der Waals surface area contributed by atoms with Crippen LogP contribution in [0, 0.1) is 0 Å². The van der Waals surface area contributed by atoms with Gasteiger partial charge in [-0.1, -0.05) is 48.5 Å². The maximum atomic E-state index is 12.3. The summed E-state index contributed by atoms with van der Waals surface area (Å²) in [6.07, 6.45) is -0.675. The zero-order valence-electron chi connectivity index (χ0n) is 15.6. The molecule has 1 heterocycles. The monoisotopic (exact) mass is 387 g/mol. The second-order valence-electron chi connectivity index (χ2n) is 6.80. The number of ether oxygens (including phenoxy) is 3. The van der Waals surface area contributed by atoms with E-state index >= 15 is 0 Å². The Hall–Kier alpha value is -2.02. The number of hydrogen-bond acceptors (Lipinski definition) is 5. The van der Waals surface area contributed by atoms with Gasteiger partial charge in [0.05, 0.1) is 12.6 Å². The summed E-state index contributed by atoms with van der Waals surface area (Å²) in [6.45, 7) is 4.43. The molecule has 1 aliphatic heterocycles. The van der Waals surface area contributed by atoms with E-state index < -0.39 is 11.9 Å². The molecule has 5 nitrogen and oxygen atoms in total. The fourth-order valence-electron chi connectivity index (χ4n) is 2.77. The van der Waals surface area contributed by atoms with E-state index in [1.54, 1.807) is 11.8 Å². The lowest BCUT2D eigenvalue weighted by atomic mass is 10.2. The van der Waals surface area contributed by atoms with Crippen LogP contribution in [-0.2, 0) is 20.8 Å². The highest BCUT2D eigenvalue weighted by atomic mass is 32.2. The first-order valence-electron chi connectivity index (χ1n) is 8.99. The number of alkyl carbamates (subject to hydrolysis) is 1. The van der Waals surface area contributed by atoms with Gasteiger partial charge in [0.2, 0.25) is 0 Å². The number of thioether (sulfide) groups is 1. The lowest BCUT2D eigenvalue weighted by Gasteiger charge is -2.24. The number of carbonyl (C=O) groups is 1. The predicted molar refractivity (Wildman–Crippen MR) is 106 cm³/mol. The summed E-state index contributed by atoms with van der Waals surface area (Å²) in [4.78, 5) is 13.5. The summed E-state index contributed by atoms with van der Waals surface area (Å²) in [5, 5.41) is 2.95. The standard InChI is InChI=1S/C21H25NO4S/c1-21(2)25-14-19(26-21)18(15-27-17-11-7-4-8-12-17)22-20(23)24-13-16-9-5-3-6-10-16/h3-12,18-19H,13-15H2,1-2H3,(H,22,23). The molecule has 0 radical (unpaired) electrons. The summed E-state index contributed by atoms with van der Waals surface area (Å²) in [6, 6.07) is 19.5. The van der Waals surface area contributed by atoms with Gasteiger partial charge in [-0.25, -0.2) is 4.79 Å². The summed E-state index contributed by atoms with van der Waals surface area (Å²) < 4.78 is 17.0. The van der Waals surface area contributed by atoms with Crippen LogP contribution in [0.4, 0.5) is 4.79 Å². The maximum absolute atomic E-state index is 12.3. The van der Waals surface area contributed by atoms with Crippen molar-refractivity contribution in [3.05, 3.63) is 66.2 Å². The maximum Gasteiger partial charge on any atom is 0.407 e. The van der Waals surface area contributed by atoms with Crippen LogP contribution in [0.15, 0.2) is 65.6 Å². The van der Waals surface area contributed by atoms with Crippen LogP contribution >= 0.6 is 11.8 Å². The normalized spacial score (nSPS) is 19.4. The van der Waals surface area contributed by atoms with Gasteiger partial charge in [0.15, 0.2) is 5.79 Å². The van der Waals surface area contributed by atoms with Crippen molar-refractivity contribution in [3.63, 3.8) is 0 Å². The molecule has 0 saturated carbocycles. The van der Waals surface area contributed by atoms with E-state index in [0.29, 0.717) is 12.4 Å². The molecule has 6 heteroatoms. The van der Waals surface area contributed by atoms with Crippen LogP contribution in [0.25, 0.3) is 0 Å². The molecule has 144 valence electrons. The molecule has 0 aliphatic carbocycles. The van der Waals surface area contributed by atoms with Gasteiger partial charge in [-0.15, -0.1) is 11.8 Å². The highest BCUT2D eigenvalue weighted by Gasteiger charge is 2.38. The minimum atomic E-state index is -0.643. The largest absolute Gasteiger partial charge is 0.445 e. The Morgan fingerprint density at radius 1 is 1.19 bits per heavy atom. The van der Waals surface area contributed by atoms with Crippen molar-refractivity contribution < 1.29 is 19.0 Å². The quantitative estimate of drug-likeness (QED) is 0.721. The average Bonchev–Trinajstić information content (AvgIpc) is 3.05. The molecule has 0 spiro atoms. The lowest BCUT2D eigenvalue weighted by molar-refractivity contribution is -0.140. The van der Waals surface area contributed by atoms with Crippen molar-refractivity contribution in [2.45, 2.75) is 43.3 Å². The molecule has 1 fully saturated rings. The van der Waals surface area contributed by atoms with Crippen molar-refractivity contribution in [1.29, 1.82) is 0 Å². The summed E-state index contributed by atoms with van der Waals surface area (Å²) in [7, 11) is 0. The Kier molecular flexibility index (Phi) is 6.77. The van der Waals surface area contributed by atoms with Crippen molar-refractivity contribution in [1.82, 2.24) is 5.32 Å². The molecule has 27 heavy (non-hydrogen) atoms. The molecule has 2 unspecified atom stereocenters. The number of nitrogens with one attached hydrogen (secondary N) is 1. The number of hydrogen-bond donors (Lipinski definition) is 1. The molecule has 2 aromatic rings. The van der Waals surface area contributed by atoms with Gasteiger partial charge in [0.1, 0.15) is 12.7 Å². The van der Waals surface area contributed by atoms with E-state index in [1.165, 1.54) is 0 Å². The molecule has 1 saturated heterocycles. The molecule has 3 rings (SSSR count). The van der Waals surface area contributed by atoms with E-state index in [-0.39, 0.29) is 18.8 Å². The Bertz CT molecular complexity index is 723. The molecule has 1 amide bonds. The molecular formula is C21H25NO4S. The van der Waals surface area contributed by atoms with Gasteiger partial charge in [0.25, 0.3) is 0 Å². The smallest absolute Gasteiger partial charge is 0.407 e. The fraction of sp³-hybridized carbons (Fsp3) is 0.381. The van der Waals surface area contributed by atoms with Gasteiger partial charge in [0, 0.05) is 10.6 Å². The minimum absolute atomic E-state index is 0.222. The molecule has 2 aromatic carbocycles. The first-order valence-corrected chi connectivity index (χ1v) is 9.97.